The molecule has 2 aliphatic rings. The molecule has 0 atom stereocenters. The molecule has 4 nitrogen and oxygen atoms in total. The lowest BCUT2D eigenvalue weighted by Gasteiger charge is -2.27. The molecule has 1 aromatic carbocycles. The van der Waals surface area contributed by atoms with E-state index in [1.807, 2.05) is 13.0 Å². The highest BCUT2D eigenvalue weighted by Crippen LogP contribution is 2.39. The van der Waals surface area contributed by atoms with Crippen LogP contribution in [0.25, 0.3) is 5.32 Å². The molecule has 0 N–H and O–H groups in total. The first-order chi connectivity index (χ1) is 14.9. The van der Waals surface area contributed by atoms with Crippen LogP contribution in [0.15, 0.2) is 18.3 Å². The second kappa shape index (κ2) is 9.73. The Bertz CT molecular complexity index is 918. The van der Waals surface area contributed by atoms with Crippen molar-refractivity contribution >= 4 is 34.8 Å². The van der Waals surface area contributed by atoms with Crippen molar-refractivity contribution in [1.82, 2.24) is 9.55 Å². The Labute approximate surface area is 193 Å². The fraction of sp³-hybridized carbons (Fsp3) is 0.571. The number of nitrogens with zero attached hydrogens (tertiary/aromatic N) is 4. The zero-order chi connectivity index (χ0) is 23.7. The second-order valence-corrected chi connectivity index (χ2v) is 8.84. The summed E-state index contributed by atoms with van der Waals surface area (Å²) in [6.07, 6.45) is -0.627. The number of anilines is 2. The molecular weight excluding hydrogens is 474 g/mol. The number of fused-ring (bicyclic) bond motifs is 1. The first-order valence-electron chi connectivity index (χ1n) is 10.3. The molecule has 178 valence electrons. The van der Waals surface area contributed by atoms with Crippen LogP contribution in [0.1, 0.15) is 31.0 Å². The molecule has 1 aliphatic carbocycles. The molecule has 0 radical (unpaired) electrons. The molecule has 0 spiro atoms. The molecule has 1 fully saturated rings. The Morgan fingerprint density at radius 2 is 1.81 bits per heavy atom. The molecule has 2 aromatic rings. The van der Waals surface area contributed by atoms with Crippen molar-refractivity contribution in [3.05, 3.63) is 44.9 Å². The molecule has 1 saturated carbocycles. The maximum absolute atomic E-state index is 12.2. The highest BCUT2D eigenvalue weighted by Gasteiger charge is 2.54. The van der Waals surface area contributed by atoms with Gasteiger partial charge in [-0.15, -0.1) is 6.54 Å². The summed E-state index contributed by atoms with van der Waals surface area (Å²) in [5, 5.41) is 4.55. The van der Waals surface area contributed by atoms with Gasteiger partial charge in [0.2, 0.25) is 5.95 Å². The van der Waals surface area contributed by atoms with Crippen molar-refractivity contribution < 1.29 is 22.0 Å². The Balaban J connectivity index is 0.000000195. The van der Waals surface area contributed by atoms with E-state index in [9.17, 15) is 22.0 Å². The summed E-state index contributed by atoms with van der Waals surface area (Å²) in [5.41, 5.74) is 3.20. The number of rotatable bonds is 6. The third-order valence-electron chi connectivity index (χ3n) is 5.27. The minimum absolute atomic E-state index is 0.131. The van der Waals surface area contributed by atoms with E-state index < -0.39 is 18.6 Å². The maximum atomic E-state index is 12.2. The van der Waals surface area contributed by atoms with E-state index in [4.69, 9.17) is 23.2 Å². The van der Waals surface area contributed by atoms with Gasteiger partial charge in [0.25, 0.3) is 0 Å². The molecule has 32 heavy (non-hydrogen) atoms. The van der Waals surface area contributed by atoms with Gasteiger partial charge in [0, 0.05) is 24.3 Å². The van der Waals surface area contributed by atoms with Gasteiger partial charge in [-0.25, -0.2) is 4.98 Å². The predicted octanol–water partition coefficient (Wildman–Crippen LogP) is 7.18. The van der Waals surface area contributed by atoms with Crippen LogP contribution in [0.2, 0.25) is 10.0 Å². The molecule has 11 heteroatoms. The van der Waals surface area contributed by atoms with Crippen molar-refractivity contribution in [2.75, 3.05) is 24.5 Å². The van der Waals surface area contributed by atoms with Crippen molar-refractivity contribution in [2.24, 2.45) is 5.92 Å². The lowest BCUT2D eigenvalue weighted by molar-refractivity contribution is -0.274. The quantitative estimate of drug-likeness (QED) is 0.396. The topological polar surface area (TPSA) is 35.2 Å². The van der Waals surface area contributed by atoms with Crippen molar-refractivity contribution in [2.45, 2.75) is 51.8 Å². The molecule has 0 saturated heterocycles. The SMILES string of the molecule is CCc1cn2c(n1)N(c1c(C)cc(Cl)cc1Cl)CC2.FC(F)(F)C(F)(F)C[N-]CC1CC1. The summed E-state index contributed by atoms with van der Waals surface area (Å²) in [5.74, 6) is -3.45. The average molecular weight is 498 g/mol. The third kappa shape index (κ3) is 5.85. The number of benzene rings is 1. The van der Waals surface area contributed by atoms with Crippen molar-refractivity contribution in [3.8, 4) is 0 Å². The zero-order valence-electron chi connectivity index (χ0n) is 17.7. The minimum atomic E-state index is -5.47. The van der Waals surface area contributed by atoms with Crippen LogP contribution in [0.5, 0.6) is 0 Å². The highest BCUT2D eigenvalue weighted by atomic mass is 35.5. The Hall–Kier alpha value is -1.58. The smallest absolute Gasteiger partial charge is 0.451 e. The number of aryl methyl sites for hydroxylation is 2. The van der Waals surface area contributed by atoms with Gasteiger partial charge in [-0.05, 0) is 31.0 Å². The van der Waals surface area contributed by atoms with E-state index in [0.29, 0.717) is 10.0 Å². The van der Waals surface area contributed by atoms with E-state index in [-0.39, 0.29) is 12.5 Å². The predicted molar refractivity (Wildman–Crippen MR) is 117 cm³/mol. The Kier molecular flexibility index (Phi) is 7.62. The minimum Gasteiger partial charge on any atom is -0.657 e. The van der Waals surface area contributed by atoms with E-state index >= 15 is 0 Å². The van der Waals surface area contributed by atoms with Gasteiger partial charge < -0.3 is 14.8 Å². The first kappa shape index (κ1) is 25.1. The lowest BCUT2D eigenvalue weighted by Crippen LogP contribution is -2.39. The molecule has 4 rings (SSSR count). The Morgan fingerprint density at radius 1 is 1.12 bits per heavy atom. The fourth-order valence-electron chi connectivity index (χ4n) is 3.34. The largest absolute Gasteiger partial charge is 0.657 e. The summed E-state index contributed by atoms with van der Waals surface area (Å²) in [4.78, 5) is 6.84. The second-order valence-electron chi connectivity index (χ2n) is 7.99. The highest BCUT2D eigenvalue weighted by molar-refractivity contribution is 6.36. The van der Waals surface area contributed by atoms with Gasteiger partial charge in [-0.3, -0.25) is 0 Å². The molecule has 0 bridgehead atoms. The van der Waals surface area contributed by atoms with Crippen LogP contribution in [-0.2, 0) is 13.0 Å². The molecular formula is C21H24Cl2F5N4-. The zero-order valence-corrected chi connectivity index (χ0v) is 19.2. The summed E-state index contributed by atoms with van der Waals surface area (Å²) >= 11 is 12.4. The number of halogens is 7. The molecule has 1 aliphatic heterocycles. The Morgan fingerprint density at radius 3 is 2.38 bits per heavy atom. The van der Waals surface area contributed by atoms with Crippen LogP contribution < -0.4 is 4.90 Å². The average Bonchev–Trinajstić information content (AvgIpc) is 3.28. The van der Waals surface area contributed by atoms with Gasteiger partial charge in [0.05, 0.1) is 16.4 Å². The van der Waals surface area contributed by atoms with Crippen molar-refractivity contribution in [1.29, 1.82) is 0 Å². The van der Waals surface area contributed by atoms with Gasteiger partial charge >= 0.3 is 12.1 Å². The number of imidazole rings is 1. The molecule has 2 heterocycles. The van der Waals surface area contributed by atoms with Crippen LogP contribution in [0.3, 0.4) is 0 Å². The summed E-state index contributed by atoms with van der Waals surface area (Å²) < 4.78 is 61.2. The van der Waals surface area contributed by atoms with Crippen LogP contribution in [-0.4, -0.2) is 41.3 Å². The van der Waals surface area contributed by atoms with E-state index in [0.717, 1.165) is 55.2 Å². The maximum Gasteiger partial charge on any atom is 0.451 e. The third-order valence-corrected chi connectivity index (χ3v) is 5.78. The molecule has 0 amide bonds. The number of alkyl halides is 5. The van der Waals surface area contributed by atoms with Crippen molar-refractivity contribution in [3.63, 3.8) is 0 Å². The van der Waals surface area contributed by atoms with Gasteiger partial charge in [0.15, 0.2) is 0 Å². The summed E-state index contributed by atoms with van der Waals surface area (Å²) in [6.45, 7) is 4.68. The normalized spacial score (nSPS) is 16.1. The van der Waals surface area contributed by atoms with Gasteiger partial charge in [0.1, 0.15) is 0 Å². The number of aromatic nitrogens is 2. The number of hydrogen-bond acceptors (Lipinski definition) is 2. The first-order valence-corrected chi connectivity index (χ1v) is 11.1. The van der Waals surface area contributed by atoms with Crippen LogP contribution in [0, 0.1) is 12.8 Å². The number of hydrogen-bond donors (Lipinski definition) is 0. The van der Waals surface area contributed by atoms with E-state index in [1.54, 1.807) is 6.07 Å². The standard InChI is InChI=1S/C14H15Cl2N3.C7H9F5N/c1-3-11-8-18-4-5-19(14(18)17-11)13-9(2)6-10(15)7-12(13)16;8-6(9,7(10,11)12)4-13-3-5-1-2-5/h6-8H,3-5H2,1-2H3;5H,1-4H2/q;-1. The van der Waals surface area contributed by atoms with Crippen LogP contribution in [0.4, 0.5) is 33.6 Å². The monoisotopic (exact) mass is 497 g/mol. The van der Waals surface area contributed by atoms with Gasteiger partial charge in [-0.2, -0.15) is 22.0 Å². The van der Waals surface area contributed by atoms with Gasteiger partial charge in [-0.1, -0.05) is 55.4 Å². The fourth-order valence-corrected chi connectivity index (χ4v) is 4.04. The molecule has 0 unspecified atom stereocenters. The van der Waals surface area contributed by atoms with E-state index in [1.165, 1.54) is 0 Å². The summed E-state index contributed by atoms with van der Waals surface area (Å²) in [7, 11) is 0. The lowest BCUT2D eigenvalue weighted by atomic mass is 10.2. The summed E-state index contributed by atoms with van der Waals surface area (Å²) in [6, 6.07) is 3.73. The van der Waals surface area contributed by atoms with E-state index in [2.05, 4.69) is 32.9 Å². The molecule has 1 aromatic heterocycles. The van der Waals surface area contributed by atoms with Crippen LogP contribution >= 0.6 is 23.2 Å².